The van der Waals surface area contributed by atoms with Gasteiger partial charge in [0.05, 0.1) is 11.4 Å². The first-order valence-electron chi connectivity index (χ1n) is 25.4. The Hall–Kier alpha value is -8.88. The van der Waals surface area contributed by atoms with E-state index < -0.39 is 16.1 Å². The number of furan rings is 2. The van der Waals surface area contributed by atoms with E-state index in [9.17, 15) is 0 Å². The number of benzene rings is 11. The molecule has 0 saturated heterocycles. The van der Waals surface area contributed by atoms with Crippen LogP contribution >= 0.6 is 0 Å². The van der Waals surface area contributed by atoms with E-state index in [-0.39, 0.29) is 6.71 Å². The minimum Gasteiger partial charge on any atom is -0.454 e. The van der Waals surface area contributed by atoms with Crippen LogP contribution in [0.2, 0.25) is 0 Å². The van der Waals surface area contributed by atoms with Crippen molar-refractivity contribution in [2.45, 2.75) is 0 Å². The first-order chi connectivity index (χ1) is 36.3. The summed E-state index contributed by atoms with van der Waals surface area (Å²) in [5.41, 5.74) is 14.7. The highest BCUT2D eigenvalue weighted by molar-refractivity contribution is 7.23. The topological polar surface area (TPSA) is 32.8 Å². The van der Waals surface area contributed by atoms with E-state index >= 15 is 0 Å². The van der Waals surface area contributed by atoms with Crippen molar-refractivity contribution in [2.75, 3.05) is 9.80 Å². The fourth-order valence-corrected chi connectivity index (χ4v) is 24.6. The molecule has 0 atom stereocenters. The first kappa shape index (κ1) is 39.8. The fourth-order valence-electron chi connectivity index (χ4n) is 14.3. The third-order valence-corrected chi connectivity index (χ3v) is 26.6. The normalized spacial score (nSPS) is 15.0. The van der Waals surface area contributed by atoms with Crippen molar-refractivity contribution in [1.82, 2.24) is 0 Å². The van der Waals surface area contributed by atoms with Crippen molar-refractivity contribution in [1.29, 1.82) is 0 Å². The summed E-state index contributed by atoms with van der Waals surface area (Å²) in [5.74, 6) is 0. The number of hydrogen-bond acceptors (Lipinski definition) is 4. The number of anilines is 6. The van der Waals surface area contributed by atoms with Crippen molar-refractivity contribution in [3.63, 3.8) is 0 Å². The molecule has 73 heavy (non-hydrogen) atoms. The molecule has 0 spiro atoms. The number of fused-ring (bicyclic) bond motifs is 16. The Kier molecular flexibility index (Phi) is 7.84. The highest BCUT2D eigenvalue weighted by Gasteiger charge is 2.57. The van der Waals surface area contributed by atoms with Gasteiger partial charge in [-0.3, -0.25) is 0 Å². The number of rotatable bonds is 4. The molecule has 13 aromatic rings. The van der Waals surface area contributed by atoms with Crippen LogP contribution in [-0.2, 0) is 0 Å². The number of para-hydroxylation sites is 4. The third-order valence-electron chi connectivity index (χ3n) is 17.0. The zero-order chi connectivity index (χ0) is 47.6. The van der Waals surface area contributed by atoms with Crippen LogP contribution in [0.1, 0.15) is 0 Å². The molecule has 0 aliphatic carbocycles. The van der Waals surface area contributed by atoms with Crippen LogP contribution < -0.4 is 67.7 Å². The predicted molar refractivity (Wildman–Crippen MR) is 309 cm³/mol. The molecular weight excluding hydrogens is 920 g/mol. The van der Waals surface area contributed by atoms with Crippen LogP contribution in [0, 0.1) is 0 Å². The molecule has 11 aromatic carbocycles. The smallest absolute Gasteiger partial charge is 0.252 e. The maximum absolute atomic E-state index is 7.26. The van der Waals surface area contributed by atoms with Gasteiger partial charge in [-0.25, -0.2) is 0 Å². The van der Waals surface area contributed by atoms with E-state index in [1.807, 2.05) is 0 Å². The van der Waals surface area contributed by atoms with Crippen molar-refractivity contribution in [3.05, 3.63) is 249 Å². The average Bonchev–Trinajstić information content (AvgIpc) is 4.10. The summed E-state index contributed by atoms with van der Waals surface area (Å²) in [5, 5.41) is 15.3. The molecule has 0 radical (unpaired) electrons. The molecule has 0 fully saturated rings. The predicted octanol–water partition coefficient (Wildman–Crippen LogP) is 8.95. The molecule has 7 heteroatoms. The molecule has 2 aromatic heterocycles. The van der Waals surface area contributed by atoms with Crippen molar-refractivity contribution in [2.24, 2.45) is 0 Å². The van der Waals surface area contributed by atoms with Gasteiger partial charge in [-0.15, -0.1) is 0 Å². The number of hydrogen-bond donors (Lipinski definition) is 0. The molecule has 6 heterocycles. The summed E-state index contributed by atoms with van der Waals surface area (Å²) in [6.45, 7) is -0.0899. The van der Waals surface area contributed by atoms with Gasteiger partial charge in [0.15, 0.2) is 27.3 Å². The molecular formula is C66H41BN2O2Si2. The molecule has 17 rings (SSSR count). The second kappa shape index (κ2) is 14.4. The molecule has 0 bridgehead atoms. The summed E-state index contributed by atoms with van der Waals surface area (Å²) < 4.78 is 14.5. The van der Waals surface area contributed by atoms with E-state index in [4.69, 9.17) is 8.83 Å². The summed E-state index contributed by atoms with van der Waals surface area (Å²) in [6, 6.07) is 93.8. The Balaban J connectivity index is 1.06. The molecule has 0 N–H and O–H groups in total. The monoisotopic (exact) mass is 960 g/mol. The van der Waals surface area contributed by atoms with Gasteiger partial charge < -0.3 is 18.6 Å². The lowest BCUT2D eigenvalue weighted by molar-refractivity contribution is 0.669. The number of nitrogens with zero attached hydrogens (tertiary/aromatic N) is 2. The maximum Gasteiger partial charge on any atom is 0.252 e. The Morgan fingerprint density at radius 3 is 1.05 bits per heavy atom. The van der Waals surface area contributed by atoms with E-state index in [1.54, 1.807) is 0 Å². The van der Waals surface area contributed by atoms with Crippen LogP contribution in [0.5, 0.6) is 0 Å². The Labute approximate surface area is 423 Å². The Morgan fingerprint density at radius 1 is 0.288 bits per heavy atom. The van der Waals surface area contributed by atoms with E-state index in [1.165, 1.54) is 80.6 Å². The summed E-state index contributed by atoms with van der Waals surface area (Å²) >= 11 is 0. The molecule has 4 aliphatic heterocycles. The van der Waals surface area contributed by atoms with E-state index in [0.29, 0.717) is 0 Å². The van der Waals surface area contributed by atoms with Crippen molar-refractivity contribution in [3.8, 4) is 0 Å². The SMILES string of the molecule is c1ccc([Si]2(c3ccccc3)c3cccc4c3N(c3cccc5c3B4c3cccc4c3N5c3c(ccc5c3oc3ccccc35)[Si]4(c3ccccc3)c3ccccc3)c3c2ccc2c3oc3ccccc32)cc1. The summed E-state index contributed by atoms with van der Waals surface area (Å²) in [7, 11) is -6.18. The van der Waals surface area contributed by atoms with Crippen LogP contribution in [0.15, 0.2) is 258 Å². The lowest BCUT2D eigenvalue weighted by Gasteiger charge is -2.52. The van der Waals surface area contributed by atoms with Gasteiger partial charge in [0.2, 0.25) is 0 Å². The maximum atomic E-state index is 7.26. The summed E-state index contributed by atoms with van der Waals surface area (Å²) in [4.78, 5) is 5.26. The van der Waals surface area contributed by atoms with Crippen LogP contribution in [-0.4, -0.2) is 22.9 Å². The molecule has 0 unspecified atom stereocenters. The first-order valence-corrected chi connectivity index (χ1v) is 29.4. The molecule has 0 saturated carbocycles. The van der Waals surface area contributed by atoms with E-state index in [0.717, 1.165) is 55.3 Å². The van der Waals surface area contributed by atoms with Gasteiger partial charge in [-0.2, -0.15) is 0 Å². The van der Waals surface area contributed by atoms with Gasteiger partial charge in [0.1, 0.15) is 11.2 Å². The fraction of sp³-hybridized carbons (Fsp3) is 0. The lowest BCUT2D eigenvalue weighted by atomic mass is 9.33. The van der Waals surface area contributed by atoms with Gasteiger partial charge in [-0.05, 0) is 82.1 Å². The van der Waals surface area contributed by atoms with Crippen LogP contribution in [0.3, 0.4) is 0 Å². The zero-order valence-electron chi connectivity index (χ0n) is 39.5. The van der Waals surface area contributed by atoms with Gasteiger partial charge in [0.25, 0.3) is 6.71 Å². The lowest BCUT2D eigenvalue weighted by Crippen LogP contribution is -2.80. The van der Waals surface area contributed by atoms with Crippen molar-refractivity contribution < 1.29 is 8.83 Å². The second-order valence-electron chi connectivity index (χ2n) is 20.1. The zero-order valence-corrected chi connectivity index (χ0v) is 41.5. The largest absolute Gasteiger partial charge is 0.454 e. The molecule has 338 valence electrons. The van der Waals surface area contributed by atoms with Gasteiger partial charge in [-0.1, -0.05) is 224 Å². The van der Waals surface area contributed by atoms with Crippen LogP contribution in [0.4, 0.5) is 34.1 Å². The highest BCUT2D eigenvalue weighted by atomic mass is 28.3. The minimum absolute atomic E-state index is 0.0899. The van der Waals surface area contributed by atoms with E-state index in [2.05, 4.69) is 259 Å². The van der Waals surface area contributed by atoms with Crippen LogP contribution in [0.25, 0.3) is 43.9 Å². The quantitative estimate of drug-likeness (QED) is 0.165. The molecule has 4 nitrogen and oxygen atoms in total. The van der Waals surface area contributed by atoms with Gasteiger partial charge >= 0.3 is 0 Å². The third kappa shape index (κ3) is 4.82. The molecule has 0 amide bonds. The summed E-state index contributed by atoms with van der Waals surface area (Å²) in [6.07, 6.45) is 0. The molecule has 4 aliphatic rings. The highest BCUT2D eigenvalue weighted by Crippen LogP contribution is 2.50. The average molecular weight is 961 g/mol. The Morgan fingerprint density at radius 2 is 0.644 bits per heavy atom. The standard InChI is InChI=1S/C66H41BN2O2Si2/c1-5-20-42(21-6-1)72(43-22-7-2-8-23-43)56-36-17-30-50-61(56)68(63-58(72)40-38-48-46-28-13-15-34-54(46)70-65(48)63)52-32-19-33-53-60(52)67(50)51-31-18-37-57-62(51)69(53)64-59(41-39-49-47-29-14-16-35-55(47)71-66(49)64)73(57,44-24-9-3-10-25-44)45-26-11-4-12-27-45/h1-41H. The minimum atomic E-state index is -3.09. The Bertz CT molecular complexity index is 4120. The second-order valence-corrected chi connectivity index (χ2v) is 27.6. The van der Waals surface area contributed by atoms with Crippen molar-refractivity contribution >= 4 is 159 Å². The van der Waals surface area contributed by atoms with Gasteiger partial charge in [0, 0.05) is 44.3 Å².